The molecule has 8 nitrogen and oxygen atoms in total. The lowest BCUT2D eigenvalue weighted by atomic mass is 10.0. The highest BCUT2D eigenvalue weighted by Gasteiger charge is 2.35. The maximum absolute atomic E-state index is 12.3. The Hall–Kier alpha value is -3.77. The molecule has 0 aliphatic carbocycles. The largest absolute Gasteiger partial charge is 0.494 e. The number of carbonyl (C=O) groups is 2. The maximum atomic E-state index is 12.3. The van der Waals surface area contributed by atoms with E-state index in [0.29, 0.717) is 11.1 Å². The van der Waals surface area contributed by atoms with Crippen LogP contribution >= 0.6 is 0 Å². The summed E-state index contributed by atoms with van der Waals surface area (Å²) in [6.45, 7) is -0.166. The second-order valence-electron chi connectivity index (χ2n) is 5.90. The van der Waals surface area contributed by atoms with Crippen LogP contribution in [0.5, 0.6) is 0 Å². The Morgan fingerprint density at radius 3 is 2.21 bits per heavy atom. The summed E-state index contributed by atoms with van der Waals surface area (Å²) in [5.74, 6) is -1.09. The Kier molecular flexibility index (Phi) is 6.28. The van der Waals surface area contributed by atoms with Crippen LogP contribution < -0.4 is 0 Å². The van der Waals surface area contributed by atoms with E-state index in [0.717, 1.165) is 0 Å². The van der Waals surface area contributed by atoms with Crippen LogP contribution in [0, 0.1) is 0 Å². The van der Waals surface area contributed by atoms with Crippen LogP contribution in [0.1, 0.15) is 20.7 Å². The van der Waals surface area contributed by atoms with Gasteiger partial charge in [0.2, 0.25) is 0 Å². The molecule has 28 heavy (non-hydrogen) atoms. The quantitative estimate of drug-likeness (QED) is 0.329. The number of hydrogen-bond acceptors (Lipinski definition) is 6. The first kappa shape index (κ1) is 19.0. The third-order valence-corrected chi connectivity index (χ3v) is 4.06. The lowest BCUT2D eigenvalue weighted by Gasteiger charge is -2.31. The first-order valence-corrected chi connectivity index (χ1v) is 8.53. The fourth-order valence-electron chi connectivity index (χ4n) is 2.66. The number of carbonyl (C=O) groups excluding carboxylic acids is 2. The van der Waals surface area contributed by atoms with Crippen LogP contribution in [0.2, 0.25) is 0 Å². The van der Waals surface area contributed by atoms with E-state index in [2.05, 4.69) is 10.0 Å². The summed E-state index contributed by atoms with van der Waals surface area (Å²) in [5.41, 5.74) is 9.65. The molecule has 2 aromatic carbocycles. The Morgan fingerprint density at radius 2 is 1.61 bits per heavy atom. The van der Waals surface area contributed by atoms with Crippen LogP contribution in [-0.4, -0.2) is 36.8 Å². The lowest BCUT2D eigenvalue weighted by Crippen LogP contribution is -2.43. The van der Waals surface area contributed by atoms with Gasteiger partial charge < -0.3 is 14.2 Å². The van der Waals surface area contributed by atoms with Crippen molar-refractivity contribution < 1.29 is 23.8 Å². The van der Waals surface area contributed by atoms with Gasteiger partial charge in [0.15, 0.2) is 0 Å². The zero-order chi connectivity index (χ0) is 19.8. The van der Waals surface area contributed by atoms with Crippen LogP contribution in [0.15, 0.2) is 78.1 Å². The summed E-state index contributed by atoms with van der Waals surface area (Å²) < 4.78 is 16.1. The molecule has 1 heterocycles. The summed E-state index contributed by atoms with van der Waals surface area (Å²) in [6.07, 6.45) is 1.18. The molecule has 0 N–H and O–H groups in total. The van der Waals surface area contributed by atoms with Crippen molar-refractivity contribution in [3.8, 4) is 0 Å². The van der Waals surface area contributed by atoms with Crippen molar-refractivity contribution in [3.63, 3.8) is 0 Å². The van der Waals surface area contributed by atoms with Crippen LogP contribution in [-0.2, 0) is 14.2 Å². The molecular formula is C20H17N3O5. The van der Waals surface area contributed by atoms with Gasteiger partial charge in [-0.15, -0.1) is 0 Å². The normalized spacial score (nSPS) is 20.4. The summed E-state index contributed by atoms with van der Waals surface area (Å²) in [4.78, 5) is 27.2. The average molecular weight is 379 g/mol. The lowest BCUT2D eigenvalue weighted by molar-refractivity contribution is -0.0224. The van der Waals surface area contributed by atoms with Crippen molar-refractivity contribution in [2.45, 2.75) is 18.2 Å². The standard InChI is InChI=1S/C20H17N3O5/c21-23-22-18-16(28-20(25)15-9-5-2-6-10-15)11-12-26-17(18)13-27-19(24)14-7-3-1-4-8-14/h1-12,16-18H,13H2/t16-,17-,18-/m1/s1. The van der Waals surface area contributed by atoms with Crippen molar-refractivity contribution >= 4 is 11.9 Å². The zero-order valence-electron chi connectivity index (χ0n) is 14.8. The van der Waals surface area contributed by atoms with Gasteiger partial charge in [-0.05, 0) is 35.9 Å². The van der Waals surface area contributed by atoms with Gasteiger partial charge in [0.05, 0.1) is 17.4 Å². The fraction of sp³-hybridized carbons (Fsp3) is 0.200. The first-order chi connectivity index (χ1) is 13.7. The third kappa shape index (κ3) is 4.69. The van der Waals surface area contributed by atoms with E-state index in [1.54, 1.807) is 60.7 Å². The molecule has 0 unspecified atom stereocenters. The molecular weight excluding hydrogens is 362 g/mol. The highest BCUT2D eigenvalue weighted by molar-refractivity contribution is 5.90. The van der Waals surface area contributed by atoms with Crippen LogP contribution in [0.4, 0.5) is 0 Å². The monoisotopic (exact) mass is 379 g/mol. The molecule has 0 fully saturated rings. The van der Waals surface area contributed by atoms with E-state index in [4.69, 9.17) is 19.7 Å². The fourth-order valence-corrected chi connectivity index (χ4v) is 2.66. The van der Waals surface area contributed by atoms with Crippen molar-refractivity contribution in [2.24, 2.45) is 5.11 Å². The number of rotatable bonds is 6. The predicted molar refractivity (Wildman–Crippen MR) is 99.3 cm³/mol. The van der Waals surface area contributed by atoms with Gasteiger partial charge in [0, 0.05) is 4.91 Å². The van der Waals surface area contributed by atoms with Gasteiger partial charge in [-0.3, -0.25) is 0 Å². The highest BCUT2D eigenvalue weighted by atomic mass is 16.6. The Bertz CT molecular complexity index is 895. The van der Waals surface area contributed by atoms with E-state index in [9.17, 15) is 9.59 Å². The minimum atomic E-state index is -0.883. The van der Waals surface area contributed by atoms with Gasteiger partial charge >= 0.3 is 11.9 Å². The number of azide groups is 1. The SMILES string of the molecule is [N-]=[N+]=N[C@@H]1[C@H](OC(=O)c2ccccc2)C=CO[C@@H]1COC(=O)c1ccccc1. The number of ether oxygens (including phenoxy) is 3. The Balaban J connectivity index is 1.67. The maximum Gasteiger partial charge on any atom is 0.338 e. The molecule has 0 bridgehead atoms. The van der Waals surface area contributed by atoms with Gasteiger partial charge in [0.1, 0.15) is 24.9 Å². The van der Waals surface area contributed by atoms with E-state index >= 15 is 0 Å². The molecule has 142 valence electrons. The number of benzene rings is 2. The van der Waals surface area contributed by atoms with Gasteiger partial charge in [0.25, 0.3) is 0 Å². The summed E-state index contributed by atoms with van der Waals surface area (Å²) in [5, 5.41) is 3.68. The summed E-state index contributed by atoms with van der Waals surface area (Å²) >= 11 is 0. The van der Waals surface area contributed by atoms with Crippen LogP contribution in [0.25, 0.3) is 10.4 Å². The molecule has 0 aromatic heterocycles. The minimum absolute atomic E-state index is 0.166. The molecule has 0 saturated carbocycles. The minimum Gasteiger partial charge on any atom is -0.494 e. The van der Waals surface area contributed by atoms with Crippen molar-refractivity contribution in [1.29, 1.82) is 0 Å². The van der Waals surface area contributed by atoms with Crippen molar-refractivity contribution in [3.05, 3.63) is 94.6 Å². The number of esters is 2. The van der Waals surface area contributed by atoms with E-state index < -0.39 is 30.2 Å². The van der Waals surface area contributed by atoms with Gasteiger partial charge in [-0.1, -0.05) is 41.5 Å². The Morgan fingerprint density at radius 1 is 1.00 bits per heavy atom. The highest BCUT2D eigenvalue weighted by Crippen LogP contribution is 2.21. The zero-order valence-corrected chi connectivity index (χ0v) is 14.8. The molecule has 0 radical (unpaired) electrons. The van der Waals surface area contributed by atoms with Gasteiger partial charge in [-0.2, -0.15) is 0 Å². The molecule has 3 atom stereocenters. The predicted octanol–water partition coefficient (Wildman–Crippen LogP) is 3.66. The molecule has 0 saturated heterocycles. The van der Waals surface area contributed by atoms with Crippen molar-refractivity contribution in [1.82, 2.24) is 0 Å². The van der Waals surface area contributed by atoms with E-state index in [1.807, 2.05) is 0 Å². The molecule has 1 aliphatic heterocycles. The van der Waals surface area contributed by atoms with E-state index in [1.165, 1.54) is 12.3 Å². The van der Waals surface area contributed by atoms with Crippen LogP contribution in [0.3, 0.4) is 0 Å². The van der Waals surface area contributed by atoms with E-state index in [-0.39, 0.29) is 6.61 Å². The molecule has 0 amide bonds. The molecule has 0 spiro atoms. The van der Waals surface area contributed by atoms with Crippen molar-refractivity contribution in [2.75, 3.05) is 6.61 Å². The number of nitrogens with zero attached hydrogens (tertiary/aromatic N) is 3. The first-order valence-electron chi connectivity index (χ1n) is 8.53. The molecule has 3 rings (SSSR count). The topological polar surface area (TPSA) is 111 Å². The second-order valence-corrected chi connectivity index (χ2v) is 5.90. The summed E-state index contributed by atoms with van der Waals surface area (Å²) in [7, 11) is 0. The Labute approximate surface area is 161 Å². The average Bonchev–Trinajstić information content (AvgIpc) is 2.75. The smallest absolute Gasteiger partial charge is 0.338 e. The third-order valence-electron chi connectivity index (χ3n) is 4.06. The molecule has 2 aromatic rings. The second kappa shape index (κ2) is 9.25. The number of hydrogen-bond donors (Lipinski definition) is 0. The van der Waals surface area contributed by atoms with Gasteiger partial charge in [-0.25, -0.2) is 9.59 Å². The molecule has 8 heteroatoms. The molecule has 1 aliphatic rings. The summed E-state index contributed by atoms with van der Waals surface area (Å²) in [6, 6.07) is 16.0.